The number of nitrogens with one attached hydrogen (secondary N) is 2. The molecule has 0 heterocycles. The molecule has 4 aromatic carbocycles. The first-order valence-electron chi connectivity index (χ1n) is 17.0. The normalized spacial score (nSPS) is 12.2. The fourth-order valence-corrected chi connectivity index (χ4v) is 5.86. The van der Waals surface area contributed by atoms with Gasteiger partial charge in [-0.15, -0.1) is 0 Å². The smallest absolute Gasteiger partial charge is 0.407 e. The van der Waals surface area contributed by atoms with Crippen LogP contribution in [0.3, 0.4) is 0 Å². The molecule has 50 heavy (non-hydrogen) atoms. The Morgan fingerprint density at radius 1 is 0.740 bits per heavy atom. The van der Waals surface area contributed by atoms with Gasteiger partial charge in [0, 0.05) is 12.5 Å². The van der Waals surface area contributed by atoms with Gasteiger partial charge in [-0.25, -0.2) is 14.4 Å². The summed E-state index contributed by atoms with van der Waals surface area (Å²) in [6.07, 6.45) is 2.61. The number of rotatable bonds is 17. The molecule has 1 aliphatic carbocycles. The predicted octanol–water partition coefficient (Wildman–Crippen LogP) is 7.86. The molecule has 2 N–H and O–H groups in total. The lowest BCUT2D eigenvalue weighted by Crippen LogP contribution is -2.42. The Labute approximate surface area is 293 Å². The van der Waals surface area contributed by atoms with E-state index in [0.717, 1.165) is 39.8 Å². The molecule has 0 aromatic heterocycles. The van der Waals surface area contributed by atoms with Crippen molar-refractivity contribution in [2.45, 2.75) is 57.8 Å². The van der Waals surface area contributed by atoms with Gasteiger partial charge in [0.05, 0.1) is 0 Å². The lowest BCUT2D eigenvalue weighted by Gasteiger charge is -2.19. The topological polar surface area (TPSA) is 112 Å². The Kier molecular flexibility index (Phi) is 13.1. The number of fused-ring (bicyclic) bond motifs is 3. The monoisotopic (exact) mass is 676 g/mol. The Morgan fingerprint density at radius 2 is 1.36 bits per heavy atom. The fraction of sp³-hybridized carbons (Fsp3) is 0.293. The molecule has 4 aromatic rings. The van der Waals surface area contributed by atoms with Crippen LogP contribution in [-0.2, 0) is 38.6 Å². The number of amides is 2. The van der Waals surface area contributed by atoms with Crippen LogP contribution in [0.2, 0.25) is 0 Å². The van der Waals surface area contributed by atoms with Crippen molar-refractivity contribution in [3.05, 3.63) is 138 Å². The zero-order valence-corrected chi connectivity index (χ0v) is 28.4. The largest absolute Gasteiger partial charge is 0.489 e. The summed E-state index contributed by atoms with van der Waals surface area (Å²) in [5.74, 6) is 0.0168. The molecule has 0 bridgehead atoms. The van der Waals surface area contributed by atoms with Crippen molar-refractivity contribution in [3.63, 3.8) is 0 Å². The van der Waals surface area contributed by atoms with Crippen LogP contribution in [0.1, 0.15) is 59.9 Å². The Morgan fingerprint density at radius 3 is 2.02 bits per heavy atom. The highest BCUT2D eigenvalue weighted by atomic mass is 16.6. The van der Waals surface area contributed by atoms with Gasteiger partial charge in [0.15, 0.2) is 0 Å². The summed E-state index contributed by atoms with van der Waals surface area (Å²) in [5, 5.41) is 5.38. The summed E-state index contributed by atoms with van der Waals surface area (Å²) >= 11 is 0. The highest BCUT2D eigenvalue weighted by Gasteiger charge is 2.30. The maximum atomic E-state index is 13.3. The van der Waals surface area contributed by atoms with E-state index < -0.39 is 24.2 Å². The number of alkyl carbamates (subject to hydrolysis) is 2. The second-order valence-corrected chi connectivity index (χ2v) is 12.0. The number of unbranched alkanes of at least 4 members (excludes halogenated alkanes) is 1. The van der Waals surface area contributed by atoms with Crippen molar-refractivity contribution in [3.8, 4) is 16.9 Å². The van der Waals surface area contributed by atoms with Gasteiger partial charge in [0.2, 0.25) is 0 Å². The van der Waals surface area contributed by atoms with E-state index in [9.17, 15) is 14.4 Å². The minimum absolute atomic E-state index is 0.0250. The van der Waals surface area contributed by atoms with E-state index in [1.54, 1.807) is 0 Å². The Hall–Kier alpha value is -5.57. The van der Waals surface area contributed by atoms with Crippen LogP contribution in [0, 0.1) is 0 Å². The number of carbonyl (C=O) groups excluding carboxylic acids is 3. The van der Waals surface area contributed by atoms with Gasteiger partial charge in [0.25, 0.3) is 0 Å². The molecule has 2 amide bonds. The molecule has 1 unspecified atom stereocenters. The number of esters is 1. The van der Waals surface area contributed by atoms with E-state index in [-0.39, 0.29) is 25.7 Å². The van der Waals surface area contributed by atoms with E-state index in [1.807, 2.05) is 60.7 Å². The first-order valence-corrected chi connectivity index (χ1v) is 17.0. The van der Waals surface area contributed by atoms with Gasteiger partial charge in [-0.3, -0.25) is 0 Å². The van der Waals surface area contributed by atoms with Gasteiger partial charge in [-0.1, -0.05) is 105 Å². The van der Waals surface area contributed by atoms with Gasteiger partial charge in [-0.2, -0.15) is 0 Å². The lowest BCUT2D eigenvalue weighted by atomic mass is 9.98. The standard InChI is InChI=1S/C41H44N2O7/c1-3-25-47-40(45)42-24-10-9-15-38(43-41(46)50-28-37-35-13-7-5-11-33(35)34-12-6-8-14-36(34)37)39(44)49-27-31-20-22-32(23-21-31)48-26-30-18-16-29(4-2)17-19-30/h3,5-8,11-14,16-23,37-38H,1,4,9-10,15,24-28H2,2H3,(H,42,45)(H,43,46). The second kappa shape index (κ2) is 18.3. The van der Waals surface area contributed by atoms with Gasteiger partial charge < -0.3 is 29.6 Å². The summed E-state index contributed by atoms with van der Waals surface area (Å²) in [6, 6.07) is 30.9. The lowest BCUT2D eigenvalue weighted by molar-refractivity contribution is -0.147. The third-order valence-electron chi connectivity index (χ3n) is 8.58. The summed E-state index contributed by atoms with van der Waals surface area (Å²) in [4.78, 5) is 38.1. The predicted molar refractivity (Wildman–Crippen MR) is 192 cm³/mol. The van der Waals surface area contributed by atoms with Crippen molar-refractivity contribution < 1.29 is 33.3 Å². The number of carbonyl (C=O) groups is 3. The van der Waals surface area contributed by atoms with Crippen molar-refractivity contribution in [2.75, 3.05) is 19.8 Å². The highest BCUT2D eigenvalue weighted by molar-refractivity contribution is 5.82. The third kappa shape index (κ3) is 9.98. The molecular formula is C41H44N2O7. The molecule has 5 rings (SSSR count). The maximum Gasteiger partial charge on any atom is 0.407 e. The van der Waals surface area contributed by atoms with E-state index in [4.69, 9.17) is 18.9 Å². The quantitative estimate of drug-likeness (QED) is 0.0507. The minimum Gasteiger partial charge on any atom is -0.489 e. The number of benzene rings is 4. The van der Waals surface area contributed by atoms with Crippen LogP contribution < -0.4 is 15.4 Å². The van der Waals surface area contributed by atoms with E-state index in [2.05, 4.69) is 60.5 Å². The van der Waals surface area contributed by atoms with E-state index >= 15 is 0 Å². The number of hydrogen-bond acceptors (Lipinski definition) is 7. The zero-order valence-electron chi connectivity index (χ0n) is 28.4. The Bertz CT molecular complexity index is 1690. The van der Waals surface area contributed by atoms with Gasteiger partial charge in [-0.05, 0) is 76.8 Å². The van der Waals surface area contributed by atoms with Crippen LogP contribution in [0.15, 0.2) is 110 Å². The third-order valence-corrected chi connectivity index (χ3v) is 8.58. The van der Waals surface area contributed by atoms with Crippen molar-refractivity contribution in [1.82, 2.24) is 10.6 Å². The highest BCUT2D eigenvalue weighted by Crippen LogP contribution is 2.44. The van der Waals surface area contributed by atoms with Crippen LogP contribution in [0.4, 0.5) is 9.59 Å². The summed E-state index contributed by atoms with van der Waals surface area (Å²) in [5.41, 5.74) is 7.58. The summed E-state index contributed by atoms with van der Waals surface area (Å²) in [6.45, 7) is 6.71. The maximum absolute atomic E-state index is 13.3. The number of hydrogen-bond donors (Lipinski definition) is 2. The van der Waals surface area contributed by atoms with Crippen molar-refractivity contribution in [2.24, 2.45) is 0 Å². The first-order chi connectivity index (χ1) is 24.4. The molecule has 1 aliphatic rings. The van der Waals surface area contributed by atoms with Crippen LogP contribution >= 0.6 is 0 Å². The van der Waals surface area contributed by atoms with Crippen molar-refractivity contribution in [1.29, 1.82) is 0 Å². The average Bonchev–Trinajstić information content (AvgIpc) is 3.47. The van der Waals surface area contributed by atoms with E-state index in [1.165, 1.54) is 11.6 Å². The van der Waals surface area contributed by atoms with Crippen LogP contribution in [0.25, 0.3) is 11.1 Å². The SMILES string of the molecule is C=CCOC(=O)NCCCCC(NC(=O)OCC1c2ccccc2-c2ccccc21)C(=O)OCc1ccc(OCc2ccc(CC)cc2)cc1. The van der Waals surface area contributed by atoms with Gasteiger partial charge >= 0.3 is 18.2 Å². The van der Waals surface area contributed by atoms with E-state index in [0.29, 0.717) is 38.2 Å². The molecule has 0 saturated heterocycles. The number of aryl methyl sites for hydroxylation is 1. The molecular weight excluding hydrogens is 632 g/mol. The van der Waals surface area contributed by atoms with Crippen molar-refractivity contribution >= 4 is 18.2 Å². The molecule has 0 radical (unpaired) electrons. The Balaban J connectivity index is 1.14. The van der Waals surface area contributed by atoms with Crippen LogP contribution in [-0.4, -0.2) is 44.0 Å². The first kappa shape index (κ1) is 35.7. The zero-order chi connectivity index (χ0) is 35.1. The van der Waals surface area contributed by atoms with Crippen LogP contribution in [0.5, 0.6) is 5.75 Å². The molecule has 9 nitrogen and oxygen atoms in total. The fourth-order valence-electron chi connectivity index (χ4n) is 5.86. The molecule has 0 saturated carbocycles. The molecule has 0 aliphatic heterocycles. The van der Waals surface area contributed by atoms with Gasteiger partial charge in [0.1, 0.15) is 38.2 Å². The summed E-state index contributed by atoms with van der Waals surface area (Å²) in [7, 11) is 0. The molecule has 260 valence electrons. The average molecular weight is 677 g/mol. The second-order valence-electron chi connectivity index (χ2n) is 12.0. The molecule has 1 atom stereocenters. The minimum atomic E-state index is -0.944. The molecule has 0 fully saturated rings. The summed E-state index contributed by atoms with van der Waals surface area (Å²) < 4.78 is 22.2. The molecule has 0 spiro atoms. The molecule has 9 heteroatoms. The number of ether oxygens (including phenoxy) is 4.